The van der Waals surface area contributed by atoms with Crippen molar-refractivity contribution in [3.8, 4) is 0 Å². The number of aromatic nitrogens is 4. The second kappa shape index (κ2) is 7.67. The Balaban J connectivity index is 1.56. The first kappa shape index (κ1) is 18.6. The molecule has 1 atom stereocenters. The largest absolute Gasteiger partial charge is 0.333 e. The molecule has 1 aliphatic rings. The second-order valence-electron chi connectivity index (χ2n) is 7.36. The molecule has 1 aliphatic heterocycles. The maximum Gasteiger partial charge on any atom is 0.252 e. The summed E-state index contributed by atoms with van der Waals surface area (Å²) >= 11 is 0. The van der Waals surface area contributed by atoms with Crippen molar-refractivity contribution in [3.05, 3.63) is 58.7 Å². The van der Waals surface area contributed by atoms with E-state index in [0.29, 0.717) is 18.1 Å². The number of fused-ring (bicyclic) bond motifs is 1. The lowest BCUT2D eigenvalue weighted by atomic mass is 10.0. The van der Waals surface area contributed by atoms with E-state index >= 15 is 0 Å². The van der Waals surface area contributed by atoms with Gasteiger partial charge in [-0.25, -0.2) is 9.50 Å². The average molecular weight is 378 g/mol. The van der Waals surface area contributed by atoms with E-state index in [1.165, 1.54) is 5.56 Å². The first-order chi connectivity index (χ1) is 13.5. The Hall–Kier alpha value is -2.80. The Morgan fingerprint density at radius 3 is 2.75 bits per heavy atom. The minimum atomic E-state index is 0.0336. The van der Waals surface area contributed by atoms with Crippen LogP contribution in [0.4, 0.5) is 0 Å². The molecule has 1 N–H and O–H groups in total. The van der Waals surface area contributed by atoms with Crippen LogP contribution in [0.2, 0.25) is 0 Å². The predicted octanol–water partition coefficient (Wildman–Crippen LogP) is 2.02. The zero-order valence-electron chi connectivity index (χ0n) is 16.6. The van der Waals surface area contributed by atoms with E-state index in [-0.39, 0.29) is 18.4 Å². The number of piperazine rings is 1. The molecule has 7 heteroatoms. The highest BCUT2D eigenvalue weighted by atomic mass is 16.2. The van der Waals surface area contributed by atoms with Gasteiger partial charge in [-0.2, -0.15) is 4.98 Å². The Morgan fingerprint density at radius 1 is 1.21 bits per heavy atom. The molecule has 0 radical (unpaired) electrons. The van der Waals surface area contributed by atoms with Crippen LogP contribution in [-0.4, -0.2) is 50.0 Å². The molecule has 0 aliphatic carbocycles. The lowest BCUT2D eigenvalue weighted by Gasteiger charge is -2.36. The third kappa shape index (κ3) is 3.62. The van der Waals surface area contributed by atoms with E-state index in [2.05, 4.69) is 51.6 Å². The Kier molecular flexibility index (Phi) is 5.09. The molecule has 0 spiro atoms. The Morgan fingerprint density at radius 2 is 2.00 bits per heavy atom. The highest BCUT2D eigenvalue weighted by Gasteiger charge is 2.28. The van der Waals surface area contributed by atoms with Gasteiger partial charge in [0.2, 0.25) is 5.91 Å². The Labute approximate surface area is 164 Å². The fourth-order valence-electron chi connectivity index (χ4n) is 3.80. The SMILES string of the molecule is CCc1ccc(C2CNCCN2C(=O)Cc2nc3nc(C)cc(C)n3n2)cc1. The molecular weight excluding hydrogens is 352 g/mol. The predicted molar refractivity (Wildman–Crippen MR) is 107 cm³/mol. The summed E-state index contributed by atoms with van der Waals surface area (Å²) in [5.41, 5.74) is 4.32. The minimum absolute atomic E-state index is 0.0336. The summed E-state index contributed by atoms with van der Waals surface area (Å²) in [5.74, 6) is 1.12. The second-order valence-corrected chi connectivity index (χ2v) is 7.36. The number of rotatable bonds is 4. The van der Waals surface area contributed by atoms with Crippen molar-refractivity contribution < 1.29 is 4.79 Å². The van der Waals surface area contributed by atoms with Gasteiger partial charge < -0.3 is 10.2 Å². The summed E-state index contributed by atoms with van der Waals surface area (Å²) in [7, 11) is 0. The molecule has 1 saturated heterocycles. The zero-order chi connectivity index (χ0) is 19.7. The van der Waals surface area contributed by atoms with Gasteiger partial charge in [-0.15, -0.1) is 5.10 Å². The molecular formula is C21H26N6O. The molecule has 1 unspecified atom stereocenters. The van der Waals surface area contributed by atoms with Gasteiger partial charge in [0.25, 0.3) is 5.78 Å². The molecule has 3 heterocycles. The van der Waals surface area contributed by atoms with Crippen molar-refractivity contribution in [3.63, 3.8) is 0 Å². The number of nitrogens with zero attached hydrogens (tertiary/aromatic N) is 5. The van der Waals surface area contributed by atoms with Crippen LogP contribution in [0.25, 0.3) is 5.78 Å². The molecule has 2 aromatic heterocycles. The van der Waals surface area contributed by atoms with Gasteiger partial charge in [0.15, 0.2) is 5.82 Å². The molecule has 0 bridgehead atoms. The number of carbonyl (C=O) groups is 1. The minimum Gasteiger partial charge on any atom is -0.333 e. The van der Waals surface area contributed by atoms with Crippen LogP contribution in [0, 0.1) is 13.8 Å². The van der Waals surface area contributed by atoms with Crippen LogP contribution < -0.4 is 5.32 Å². The van der Waals surface area contributed by atoms with Crippen LogP contribution in [-0.2, 0) is 17.6 Å². The smallest absolute Gasteiger partial charge is 0.252 e. The maximum absolute atomic E-state index is 13.1. The molecule has 28 heavy (non-hydrogen) atoms. The van der Waals surface area contributed by atoms with Crippen LogP contribution in [0.5, 0.6) is 0 Å². The van der Waals surface area contributed by atoms with Crippen molar-refractivity contribution in [2.24, 2.45) is 0 Å². The number of carbonyl (C=O) groups excluding carboxylic acids is 1. The van der Waals surface area contributed by atoms with Gasteiger partial charge in [0, 0.05) is 31.0 Å². The van der Waals surface area contributed by atoms with E-state index in [1.807, 2.05) is 24.8 Å². The number of hydrogen-bond acceptors (Lipinski definition) is 5. The van der Waals surface area contributed by atoms with Crippen molar-refractivity contribution >= 4 is 11.7 Å². The molecule has 3 aromatic rings. The highest BCUT2D eigenvalue weighted by Crippen LogP contribution is 2.23. The van der Waals surface area contributed by atoms with E-state index < -0.39 is 0 Å². The monoisotopic (exact) mass is 378 g/mol. The topological polar surface area (TPSA) is 75.4 Å². The van der Waals surface area contributed by atoms with Crippen LogP contribution in [0.3, 0.4) is 0 Å². The number of amides is 1. The van der Waals surface area contributed by atoms with Gasteiger partial charge >= 0.3 is 0 Å². The van der Waals surface area contributed by atoms with E-state index in [4.69, 9.17) is 0 Å². The highest BCUT2D eigenvalue weighted by molar-refractivity contribution is 5.78. The molecule has 1 amide bonds. The van der Waals surface area contributed by atoms with Gasteiger partial charge in [0.1, 0.15) is 0 Å². The summed E-state index contributed by atoms with van der Waals surface area (Å²) in [4.78, 5) is 23.9. The van der Waals surface area contributed by atoms with Gasteiger partial charge in [-0.3, -0.25) is 4.79 Å². The van der Waals surface area contributed by atoms with Crippen molar-refractivity contribution in [2.75, 3.05) is 19.6 Å². The molecule has 146 valence electrons. The number of nitrogens with one attached hydrogen (secondary N) is 1. The first-order valence-electron chi connectivity index (χ1n) is 9.84. The summed E-state index contributed by atoms with van der Waals surface area (Å²) in [5, 5.41) is 7.90. The molecule has 1 aromatic carbocycles. The zero-order valence-corrected chi connectivity index (χ0v) is 16.6. The summed E-state index contributed by atoms with van der Waals surface area (Å²) in [6.45, 7) is 8.29. The van der Waals surface area contributed by atoms with Crippen molar-refractivity contribution in [1.82, 2.24) is 29.8 Å². The average Bonchev–Trinajstić information content (AvgIpc) is 3.10. The first-order valence-corrected chi connectivity index (χ1v) is 9.84. The van der Waals surface area contributed by atoms with Gasteiger partial charge in [-0.1, -0.05) is 31.2 Å². The fourth-order valence-corrected chi connectivity index (χ4v) is 3.80. The van der Waals surface area contributed by atoms with Crippen molar-refractivity contribution in [1.29, 1.82) is 0 Å². The third-order valence-electron chi connectivity index (χ3n) is 5.31. The van der Waals surface area contributed by atoms with Crippen LogP contribution >= 0.6 is 0 Å². The van der Waals surface area contributed by atoms with Crippen LogP contribution in [0.15, 0.2) is 30.3 Å². The summed E-state index contributed by atoms with van der Waals surface area (Å²) < 4.78 is 1.70. The third-order valence-corrected chi connectivity index (χ3v) is 5.31. The molecule has 1 fully saturated rings. The summed E-state index contributed by atoms with van der Waals surface area (Å²) in [6, 6.07) is 10.6. The normalized spacial score (nSPS) is 17.2. The van der Waals surface area contributed by atoms with Crippen molar-refractivity contribution in [2.45, 2.75) is 39.7 Å². The number of aryl methyl sites for hydroxylation is 3. The molecule has 0 saturated carbocycles. The summed E-state index contributed by atoms with van der Waals surface area (Å²) in [6.07, 6.45) is 1.20. The molecule has 7 nitrogen and oxygen atoms in total. The number of hydrogen-bond donors (Lipinski definition) is 1. The van der Waals surface area contributed by atoms with E-state index in [9.17, 15) is 4.79 Å². The maximum atomic E-state index is 13.1. The van der Waals surface area contributed by atoms with Gasteiger partial charge in [0.05, 0.1) is 12.5 Å². The number of benzene rings is 1. The lowest BCUT2D eigenvalue weighted by molar-refractivity contribution is -0.133. The molecule has 4 rings (SSSR count). The van der Waals surface area contributed by atoms with E-state index in [1.54, 1.807) is 4.52 Å². The van der Waals surface area contributed by atoms with Gasteiger partial charge in [-0.05, 0) is 37.5 Å². The quantitative estimate of drug-likeness (QED) is 0.752. The fraction of sp³-hybridized carbons (Fsp3) is 0.429. The lowest BCUT2D eigenvalue weighted by Crippen LogP contribution is -2.49. The Bertz CT molecular complexity index is 994. The standard InChI is InChI=1S/C21H26N6O/c1-4-16-5-7-17(8-6-16)18-13-22-9-10-26(18)20(28)12-19-24-21-23-14(2)11-15(3)27(21)25-19/h5-8,11,18,22H,4,9-10,12-13H2,1-3H3. The van der Waals surface area contributed by atoms with Crippen LogP contribution in [0.1, 0.15) is 41.3 Å². The van der Waals surface area contributed by atoms with E-state index in [0.717, 1.165) is 36.5 Å².